The van der Waals surface area contributed by atoms with Gasteiger partial charge in [-0.15, -0.1) is 0 Å². The van der Waals surface area contributed by atoms with Gasteiger partial charge in [-0.1, -0.05) is 0 Å². The van der Waals surface area contributed by atoms with Crippen molar-refractivity contribution in [2.45, 2.75) is 0 Å². The molecule has 0 aromatic rings. The van der Waals surface area contributed by atoms with Crippen LogP contribution in [0.25, 0.3) is 0 Å². The Morgan fingerprint density at radius 1 is 1.67 bits per heavy atom. The molecule has 0 saturated heterocycles. The van der Waals surface area contributed by atoms with Crippen molar-refractivity contribution in [2.24, 2.45) is 8.20 Å². The van der Waals surface area contributed by atoms with Crippen molar-refractivity contribution in [3.8, 4) is 0 Å². The Hall–Kier alpha value is 0.0700. The minimum absolute atomic E-state index is 0.912. The zero-order chi connectivity index (χ0) is 4.41. The average Bonchev–Trinajstić information content (AvgIpc) is 1.86. The number of hydrogen-bond donors (Lipinski definition) is 0. The molecule has 0 saturated carbocycles. The molecule has 3 heteroatoms. The summed E-state index contributed by atoms with van der Waals surface area (Å²) in [6.07, 6.45) is 1.64. The molecule has 0 unspecified atom stereocenters. The van der Waals surface area contributed by atoms with Crippen LogP contribution in [0.1, 0.15) is 0 Å². The van der Waals surface area contributed by atoms with E-state index in [4.69, 9.17) is 0 Å². The molecule has 2 nitrogen and oxygen atoms in total. The number of hydrogen-bond acceptors (Lipinski definition) is 2. The van der Waals surface area contributed by atoms with Crippen molar-refractivity contribution in [2.75, 3.05) is 4.93 Å². The van der Waals surface area contributed by atoms with E-state index in [1.54, 1.807) is 6.34 Å². The summed E-state index contributed by atoms with van der Waals surface area (Å²) in [5.41, 5.74) is 0. The first-order valence-electron chi connectivity index (χ1n) is 1.54. The molecule has 0 spiro atoms. The fourth-order valence-electron chi connectivity index (χ4n) is 0.226. The molecule has 0 N–H and O–H groups in total. The van der Waals surface area contributed by atoms with Gasteiger partial charge in [-0.2, -0.15) is 0 Å². The molecule has 0 atom stereocenters. The topological polar surface area (TPSA) is 24.7 Å². The molecule has 34 valence electrons. The molecule has 0 radical (unpaired) electrons. The fraction of sp³-hybridized carbons (Fsp3) is 0.333. The summed E-state index contributed by atoms with van der Waals surface area (Å²) in [6.45, 7) is 0. The van der Waals surface area contributed by atoms with Gasteiger partial charge >= 0.3 is 43.8 Å². The molecule has 6 heavy (non-hydrogen) atoms. The zero-order valence-corrected chi connectivity index (χ0v) is 5.58. The average molecular weight is 196 g/mol. The van der Waals surface area contributed by atoms with Gasteiger partial charge < -0.3 is 0 Å². The third-order valence-electron chi connectivity index (χ3n) is 0.462. The first-order valence-corrected chi connectivity index (χ1v) is 5.91. The second-order valence-electron chi connectivity index (χ2n) is 0.945. The molecule has 0 aromatic carbocycles. The molecule has 1 heterocycles. The number of alkyl halides is 1. The van der Waals surface area contributed by atoms with E-state index >= 15 is 0 Å². The van der Waals surface area contributed by atoms with E-state index in [1.165, 1.54) is 0 Å². The maximum absolute atomic E-state index is 4.05. The van der Waals surface area contributed by atoms with E-state index in [1.807, 2.05) is 4.22 Å². The summed E-state index contributed by atoms with van der Waals surface area (Å²) >= 11 is -0.912. The third-order valence-corrected chi connectivity index (χ3v) is 2.72. The van der Waals surface area contributed by atoms with Gasteiger partial charge in [0.25, 0.3) is 0 Å². The van der Waals surface area contributed by atoms with Gasteiger partial charge in [0, 0.05) is 0 Å². The van der Waals surface area contributed by atoms with Gasteiger partial charge in [0.1, 0.15) is 0 Å². The van der Waals surface area contributed by atoms with Gasteiger partial charge in [0.2, 0.25) is 0 Å². The van der Waals surface area contributed by atoms with Crippen LogP contribution in [0.3, 0.4) is 0 Å². The molecule has 1 rings (SSSR count). The standard InChI is InChI=1S/C3H5IN2/c1-4-2-5-3-6-4/h2-3H,1H3. The van der Waals surface area contributed by atoms with Gasteiger partial charge in [-0.25, -0.2) is 0 Å². The van der Waals surface area contributed by atoms with Crippen LogP contribution in [0.5, 0.6) is 0 Å². The first-order chi connectivity index (χ1) is 2.89. The summed E-state index contributed by atoms with van der Waals surface area (Å²) in [4.78, 5) is 5.97. The molecule has 0 fully saturated rings. The summed E-state index contributed by atoms with van der Waals surface area (Å²) in [6, 6.07) is 0. The van der Waals surface area contributed by atoms with Crippen LogP contribution in [0.4, 0.5) is 0 Å². The summed E-state index contributed by atoms with van der Waals surface area (Å²) in [7, 11) is 0. The molecular weight excluding hydrogens is 191 g/mol. The second-order valence-corrected chi connectivity index (χ2v) is 4.83. The Labute approximate surface area is 44.1 Å². The predicted octanol–water partition coefficient (Wildman–Crippen LogP) is 1.11. The van der Waals surface area contributed by atoms with Crippen LogP contribution < -0.4 is 0 Å². The van der Waals surface area contributed by atoms with Gasteiger partial charge in [-0.3, -0.25) is 0 Å². The quantitative estimate of drug-likeness (QED) is 0.409. The first kappa shape index (κ1) is 4.23. The molecule has 0 aliphatic carbocycles. The van der Waals surface area contributed by atoms with Crippen LogP contribution >= 0.6 is 20.1 Å². The Kier molecular flexibility index (Phi) is 1.19. The maximum atomic E-state index is 4.05. The van der Waals surface area contributed by atoms with Crippen LogP contribution in [0, 0.1) is 0 Å². The van der Waals surface area contributed by atoms with E-state index in [9.17, 15) is 0 Å². The Morgan fingerprint density at radius 2 is 2.50 bits per heavy atom. The summed E-state index contributed by atoms with van der Waals surface area (Å²) < 4.78 is 6.01. The number of aliphatic imine (C=N–C) groups is 1. The van der Waals surface area contributed by atoms with Crippen LogP contribution in [0.15, 0.2) is 8.20 Å². The Bertz CT molecular complexity index is 85.0. The third kappa shape index (κ3) is 0.767. The fourth-order valence-corrected chi connectivity index (χ4v) is 1.52. The van der Waals surface area contributed by atoms with E-state index < -0.39 is 20.1 Å². The van der Waals surface area contributed by atoms with Gasteiger partial charge in [0.15, 0.2) is 0 Å². The minimum atomic E-state index is -0.912. The monoisotopic (exact) mass is 196 g/mol. The van der Waals surface area contributed by atoms with E-state index in [0.717, 1.165) is 0 Å². The zero-order valence-electron chi connectivity index (χ0n) is 3.43. The summed E-state index contributed by atoms with van der Waals surface area (Å²) in [5.74, 6) is 0. The number of rotatable bonds is 0. The van der Waals surface area contributed by atoms with Crippen LogP contribution in [-0.4, -0.2) is 15.5 Å². The molecule has 0 amide bonds. The number of halogens is 1. The molecule has 0 bridgehead atoms. The molecule has 1 aliphatic heterocycles. The van der Waals surface area contributed by atoms with Gasteiger partial charge in [0.05, 0.1) is 0 Å². The normalized spacial score (nSPS) is 23.2. The van der Waals surface area contributed by atoms with Crippen molar-refractivity contribution in [1.29, 1.82) is 0 Å². The molecule has 0 aromatic heterocycles. The van der Waals surface area contributed by atoms with Crippen molar-refractivity contribution >= 4 is 30.7 Å². The van der Waals surface area contributed by atoms with Crippen molar-refractivity contribution in [3.63, 3.8) is 0 Å². The van der Waals surface area contributed by atoms with E-state index in [2.05, 4.69) is 13.1 Å². The predicted molar refractivity (Wildman–Crippen MR) is 36.9 cm³/mol. The SMILES string of the molecule is CI1C=NC=N1. The molecule has 1 aliphatic rings. The number of nitrogens with zero attached hydrogens (tertiary/aromatic N) is 2. The van der Waals surface area contributed by atoms with Gasteiger partial charge in [-0.05, 0) is 0 Å². The summed E-state index contributed by atoms with van der Waals surface area (Å²) in [5, 5.41) is 0. The van der Waals surface area contributed by atoms with E-state index in [-0.39, 0.29) is 0 Å². The van der Waals surface area contributed by atoms with Crippen molar-refractivity contribution in [3.05, 3.63) is 0 Å². The Morgan fingerprint density at radius 3 is 2.67 bits per heavy atom. The van der Waals surface area contributed by atoms with Crippen LogP contribution in [-0.2, 0) is 0 Å². The molecular formula is C3H5IN2. The van der Waals surface area contributed by atoms with Crippen molar-refractivity contribution < 1.29 is 0 Å². The van der Waals surface area contributed by atoms with Crippen LogP contribution in [0.2, 0.25) is 0 Å². The van der Waals surface area contributed by atoms with Crippen molar-refractivity contribution in [1.82, 2.24) is 0 Å². The second kappa shape index (κ2) is 1.68. The van der Waals surface area contributed by atoms with E-state index in [0.29, 0.717) is 0 Å². The Balaban J connectivity index is 2.60.